The van der Waals surface area contributed by atoms with Gasteiger partial charge in [0.2, 0.25) is 0 Å². The summed E-state index contributed by atoms with van der Waals surface area (Å²) in [6, 6.07) is 7.55. The quantitative estimate of drug-likeness (QED) is 0.746. The van der Waals surface area contributed by atoms with E-state index in [-0.39, 0.29) is 0 Å². The molecule has 2 aromatic rings. The molecular weight excluding hydrogens is 402 g/mol. The molecule has 8 heteroatoms. The molecule has 1 aliphatic rings. The van der Waals surface area contributed by atoms with Crippen molar-refractivity contribution in [2.24, 2.45) is 0 Å². The first-order chi connectivity index (χ1) is 11.1. The highest BCUT2D eigenvalue weighted by Crippen LogP contribution is 2.30. The highest BCUT2D eigenvalue weighted by Gasteiger charge is 2.12. The molecule has 0 amide bonds. The molecule has 0 saturated heterocycles. The number of nitrogens with one attached hydrogen (secondary N) is 2. The SMILES string of the molecule is S=C(NCc1ccc2c(c1)OCCO2)Nc1ncc(Br)cc1Cl. The van der Waals surface area contributed by atoms with E-state index in [0.29, 0.717) is 35.7 Å². The van der Waals surface area contributed by atoms with Crippen LogP contribution in [0.2, 0.25) is 5.02 Å². The number of pyridine rings is 1. The van der Waals surface area contributed by atoms with Crippen molar-refractivity contribution in [3.63, 3.8) is 0 Å². The fourth-order valence-corrected chi connectivity index (χ4v) is 2.88. The van der Waals surface area contributed by atoms with Crippen LogP contribution in [0.5, 0.6) is 11.5 Å². The van der Waals surface area contributed by atoms with Crippen molar-refractivity contribution in [3.05, 3.63) is 45.5 Å². The average Bonchev–Trinajstić information content (AvgIpc) is 2.55. The molecule has 120 valence electrons. The topological polar surface area (TPSA) is 55.4 Å². The lowest BCUT2D eigenvalue weighted by Gasteiger charge is -2.19. The van der Waals surface area contributed by atoms with E-state index in [4.69, 9.17) is 33.3 Å². The van der Waals surface area contributed by atoms with E-state index >= 15 is 0 Å². The number of ether oxygens (including phenoxy) is 2. The Morgan fingerprint density at radius 3 is 2.83 bits per heavy atom. The minimum absolute atomic E-state index is 0.441. The van der Waals surface area contributed by atoms with Crippen molar-refractivity contribution in [2.45, 2.75) is 6.54 Å². The third-order valence-corrected chi connectivity index (χ3v) is 4.07. The van der Waals surface area contributed by atoms with Gasteiger partial charge in [-0.05, 0) is 51.9 Å². The van der Waals surface area contributed by atoms with Gasteiger partial charge in [0.1, 0.15) is 13.2 Å². The number of nitrogens with zero attached hydrogens (tertiary/aromatic N) is 1. The van der Waals surface area contributed by atoms with Crippen LogP contribution in [-0.2, 0) is 6.54 Å². The number of aromatic nitrogens is 1. The lowest BCUT2D eigenvalue weighted by Crippen LogP contribution is -2.28. The first-order valence-electron chi connectivity index (χ1n) is 6.86. The maximum atomic E-state index is 6.10. The molecule has 0 aliphatic carbocycles. The van der Waals surface area contributed by atoms with Gasteiger partial charge in [0.05, 0.1) is 5.02 Å². The van der Waals surface area contributed by atoms with Crippen molar-refractivity contribution < 1.29 is 9.47 Å². The third kappa shape index (κ3) is 4.25. The minimum atomic E-state index is 0.441. The Morgan fingerprint density at radius 2 is 2.04 bits per heavy atom. The Hall–Kier alpha value is -1.57. The highest BCUT2D eigenvalue weighted by atomic mass is 79.9. The molecule has 0 bridgehead atoms. The summed E-state index contributed by atoms with van der Waals surface area (Å²) in [6.07, 6.45) is 1.65. The summed E-state index contributed by atoms with van der Waals surface area (Å²) in [5.41, 5.74) is 1.04. The van der Waals surface area contributed by atoms with Crippen molar-refractivity contribution >= 4 is 50.7 Å². The van der Waals surface area contributed by atoms with Gasteiger partial charge in [-0.1, -0.05) is 17.7 Å². The molecular formula is C15H13BrClN3O2S. The number of fused-ring (bicyclic) bond motifs is 1. The summed E-state index contributed by atoms with van der Waals surface area (Å²) >= 11 is 14.7. The Kier molecular flexibility index (Phi) is 5.20. The van der Waals surface area contributed by atoms with Gasteiger partial charge in [-0.15, -0.1) is 0 Å². The van der Waals surface area contributed by atoms with Crippen LogP contribution in [0.3, 0.4) is 0 Å². The predicted octanol–water partition coefficient (Wildman–Crippen LogP) is 3.76. The number of rotatable bonds is 3. The van der Waals surface area contributed by atoms with E-state index < -0.39 is 0 Å². The van der Waals surface area contributed by atoms with Gasteiger partial charge in [-0.25, -0.2) is 4.98 Å². The van der Waals surface area contributed by atoms with Crippen LogP contribution >= 0.6 is 39.7 Å². The smallest absolute Gasteiger partial charge is 0.172 e. The molecule has 1 aliphatic heterocycles. The molecule has 0 atom stereocenters. The average molecular weight is 415 g/mol. The molecule has 3 rings (SSSR count). The molecule has 5 nitrogen and oxygen atoms in total. The molecule has 0 fully saturated rings. The molecule has 2 heterocycles. The monoisotopic (exact) mass is 413 g/mol. The Balaban J connectivity index is 1.58. The number of anilines is 1. The zero-order chi connectivity index (χ0) is 16.2. The van der Waals surface area contributed by atoms with E-state index in [2.05, 4.69) is 31.5 Å². The zero-order valence-electron chi connectivity index (χ0n) is 11.9. The van der Waals surface area contributed by atoms with Gasteiger partial charge in [0.15, 0.2) is 22.4 Å². The summed E-state index contributed by atoms with van der Waals surface area (Å²) in [7, 11) is 0. The van der Waals surface area contributed by atoms with Crippen LogP contribution in [0.15, 0.2) is 34.9 Å². The molecule has 0 spiro atoms. The predicted molar refractivity (Wildman–Crippen MR) is 97.4 cm³/mol. The molecule has 0 saturated carbocycles. The van der Waals surface area contributed by atoms with Crippen molar-refractivity contribution in [1.82, 2.24) is 10.3 Å². The number of hydrogen-bond acceptors (Lipinski definition) is 4. The molecule has 23 heavy (non-hydrogen) atoms. The van der Waals surface area contributed by atoms with Crippen LogP contribution < -0.4 is 20.1 Å². The molecule has 1 aromatic heterocycles. The first-order valence-corrected chi connectivity index (χ1v) is 8.44. The van der Waals surface area contributed by atoms with E-state index in [1.807, 2.05) is 18.2 Å². The van der Waals surface area contributed by atoms with Crippen molar-refractivity contribution in [2.75, 3.05) is 18.5 Å². The second-order valence-corrected chi connectivity index (χ2v) is 6.50. The van der Waals surface area contributed by atoms with E-state index in [9.17, 15) is 0 Å². The van der Waals surface area contributed by atoms with Gasteiger partial charge in [-0.3, -0.25) is 0 Å². The summed E-state index contributed by atoms with van der Waals surface area (Å²) in [5, 5.41) is 7.01. The van der Waals surface area contributed by atoms with Gasteiger partial charge in [0, 0.05) is 17.2 Å². The second-order valence-electron chi connectivity index (χ2n) is 4.77. The third-order valence-electron chi connectivity index (χ3n) is 3.10. The van der Waals surface area contributed by atoms with Gasteiger partial charge in [-0.2, -0.15) is 0 Å². The Bertz CT molecular complexity index is 745. The van der Waals surface area contributed by atoms with Crippen molar-refractivity contribution in [1.29, 1.82) is 0 Å². The summed E-state index contributed by atoms with van der Waals surface area (Å²) < 4.78 is 11.9. The summed E-state index contributed by atoms with van der Waals surface area (Å²) in [6.45, 7) is 1.70. The van der Waals surface area contributed by atoms with Crippen LogP contribution in [-0.4, -0.2) is 23.3 Å². The van der Waals surface area contributed by atoms with Crippen LogP contribution in [0, 0.1) is 0 Å². The standard InChI is InChI=1S/C15H13BrClN3O2S/c16-10-6-11(17)14(18-8-10)20-15(23)19-7-9-1-2-12-13(5-9)22-4-3-21-12/h1-2,5-6,8H,3-4,7H2,(H2,18,19,20,23). The van der Waals surface area contributed by atoms with Crippen LogP contribution in [0.1, 0.15) is 5.56 Å². The molecule has 0 unspecified atom stereocenters. The number of benzene rings is 1. The first kappa shape index (κ1) is 16.3. The van der Waals surface area contributed by atoms with E-state index in [0.717, 1.165) is 21.5 Å². The van der Waals surface area contributed by atoms with Crippen LogP contribution in [0.4, 0.5) is 5.82 Å². The number of halogens is 2. The normalized spacial score (nSPS) is 12.6. The van der Waals surface area contributed by atoms with E-state index in [1.54, 1.807) is 12.3 Å². The molecule has 0 radical (unpaired) electrons. The Morgan fingerprint density at radius 1 is 1.26 bits per heavy atom. The zero-order valence-corrected chi connectivity index (χ0v) is 15.1. The largest absolute Gasteiger partial charge is 0.486 e. The second kappa shape index (κ2) is 7.33. The van der Waals surface area contributed by atoms with Crippen LogP contribution in [0.25, 0.3) is 0 Å². The maximum absolute atomic E-state index is 6.10. The van der Waals surface area contributed by atoms with Crippen molar-refractivity contribution in [3.8, 4) is 11.5 Å². The minimum Gasteiger partial charge on any atom is -0.486 e. The van der Waals surface area contributed by atoms with Gasteiger partial charge >= 0.3 is 0 Å². The Labute approximate surface area is 152 Å². The summed E-state index contributed by atoms with van der Waals surface area (Å²) in [5.74, 6) is 2.04. The lowest BCUT2D eigenvalue weighted by atomic mass is 10.2. The summed E-state index contributed by atoms with van der Waals surface area (Å²) in [4.78, 5) is 4.18. The fourth-order valence-electron chi connectivity index (χ4n) is 2.04. The highest BCUT2D eigenvalue weighted by molar-refractivity contribution is 9.10. The van der Waals surface area contributed by atoms with Gasteiger partial charge < -0.3 is 20.1 Å². The maximum Gasteiger partial charge on any atom is 0.172 e. The lowest BCUT2D eigenvalue weighted by molar-refractivity contribution is 0.171. The van der Waals surface area contributed by atoms with Gasteiger partial charge in [0.25, 0.3) is 0 Å². The molecule has 2 N–H and O–H groups in total. The number of hydrogen-bond donors (Lipinski definition) is 2. The number of thiocarbonyl (C=S) groups is 1. The molecule has 1 aromatic carbocycles. The van der Waals surface area contributed by atoms with E-state index in [1.165, 1.54) is 0 Å². The fraction of sp³-hybridized carbons (Fsp3) is 0.200.